The molecule has 0 bridgehead atoms. The van der Waals surface area contributed by atoms with Crippen LogP contribution in [0.2, 0.25) is 0 Å². The average Bonchev–Trinajstić information content (AvgIpc) is 2.34. The van der Waals surface area contributed by atoms with Crippen LogP contribution in [0.5, 0.6) is 0 Å². The van der Waals surface area contributed by atoms with Gasteiger partial charge in [0.15, 0.2) is 0 Å². The van der Waals surface area contributed by atoms with Gasteiger partial charge in [0.1, 0.15) is 0 Å². The van der Waals surface area contributed by atoms with E-state index < -0.39 is 16.1 Å². The van der Waals surface area contributed by atoms with Crippen molar-refractivity contribution in [2.45, 2.75) is 31.3 Å². The van der Waals surface area contributed by atoms with Crippen LogP contribution in [-0.2, 0) is 14.8 Å². The monoisotopic (exact) mass is 302 g/mol. The minimum absolute atomic E-state index is 0.139. The van der Waals surface area contributed by atoms with Crippen LogP contribution in [0.4, 0.5) is 5.69 Å². The van der Waals surface area contributed by atoms with E-state index in [0.29, 0.717) is 16.8 Å². The van der Waals surface area contributed by atoms with Gasteiger partial charge in [-0.2, -0.15) is 0 Å². The number of methoxy groups -OCH3 is 1. The van der Waals surface area contributed by atoms with E-state index in [9.17, 15) is 13.5 Å². The van der Waals surface area contributed by atoms with Gasteiger partial charge in [0.2, 0.25) is 10.0 Å². The number of ether oxygens (including phenoxy) is 1. The maximum atomic E-state index is 12.3. The highest BCUT2D eigenvalue weighted by Gasteiger charge is 2.20. The standard InChI is InChI=1S/C13H22N2O4S/c1-9-4-5-12(14)10(2)13(9)20(17,18)15-7-6-11(16)8-19-3/h4-5,11,15-16H,6-8,14H2,1-3H3. The minimum Gasteiger partial charge on any atom is -0.398 e. The fourth-order valence-electron chi connectivity index (χ4n) is 1.96. The molecule has 1 aromatic carbocycles. The van der Waals surface area contributed by atoms with E-state index in [0.717, 1.165) is 0 Å². The van der Waals surface area contributed by atoms with Gasteiger partial charge in [-0.3, -0.25) is 0 Å². The number of hydrogen-bond acceptors (Lipinski definition) is 5. The Balaban J connectivity index is 2.83. The maximum Gasteiger partial charge on any atom is 0.241 e. The van der Waals surface area contributed by atoms with E-state index in [-0.39, 0.29) is 24.5 Å². The van der Waals surface area contributed by atoms with Gasteiger partial charge in [-0.25, -0.2) is 13.1 Å². The number of rotatable bonds is 7. The van der Waals surface area contributed by atoms with Crippen molar-refractivity contribution < 1.29 is 18.3 Å². The zero-order chi connectivity index (χ0) is 15.3. The quantitative estimate of drug-likeness (QED) is 0.639. The smallest absolute Gasteiger partial charge is 0.241 e. The second kappa shape index (κ2) is 7.03. The first-order valence-electron chi connectivity index (χ1n) is 6.32. The first-order valence-corrected chi connectivity index (χ1v) is 7.80. The number of aliphatic hydroxyl groups is 1. The van der Waals surface area contributed by atoms with Crippen LogP contribution in [0, 0.1) is 13.8 Å². The molecule has 0 saturated carbocycles. The normalized spacial score (nSPS) is 13.4. The lowest BCUT2D eigenvalue weighted by Gasteiger charge is -2.14. The molecule has 6 nitrogen and oxygen atoms in total. The third-order valence-corrected chi connectivity index (χ3v) is 4.79. The van der Waals surface area contributed by atoms with Crippen LogP contribution < -0.4 is 10.5 Å². The Hall–Kier alpha value is -1.15. The molecule has 0 aliphatic rings. The third kappa shape index (κ3) is 4.17. The first kappa shape index (κ1) is 16.9. The summed E-state index contributed by atoms with van der Waals surface area (Å²) in [6.45, 7) is 3.72. The van der Waals surface area contributed by atoms with E-state index >= 15 is 0 Å². The van der Waals surface area contributed by atoms with Gasteiger partial charge in [-0.05, 0) is 37.5 Å². The van der Waals surface area contributed by atoms with Crippen LogP contribution in [-0.4, -0.2) is 39.9 Å². The van der Waals surface area contributed by atoms with Gasteiger partial charge >= 0.3 is 0 Å². The Bertz CT molecular complexity index is 558. The van der Waals surface area contributed by atoms with E-state index in [2.05, 4.69) is 4.72 Å². The summed E-state index contributed by atoms with van der Waals surface area (Å²) in [5.74, 6) is 0. The Kier molecular flexibility index (Phi) is 5.94. The number of anilines is 1. The van der Waals surface area contributed by atoms with Gasteiger partial charge in [0.25, 0.3) is 0 Å². The molecule has 0 spiro atoms. The van der Waals surface area contributed by atoms with Gasteiger partial charge in [0.05, 0.1) is 17.6 Å². The van der Waals surface area contributed by atoms with Crippen LogP contribution in [0.25, 0.3) is 0 Å². The molecule has 1 aromatic rings. The Morgan fingerprint density at radius 3 is 2.65 bits per heavy atom. The summed E-state index contributed by atoms with van der Waals surface area (Å²) < 4.78 is 31.8. The topological polar surface area (TPSA) is 102 Å². The predicted octanol–water partition coefficient (Wildman–Crippen LogP) is 0.561. The van der Waals surface area contributed by atoms with Gasteiger partial charge in [-0.15, -0.1) is 0 Å². The number of nitrogen functional groups attached to an aromatic ring is 1. The van der Waals surface area contributed by atoms with E-state index in [1.165, 1.54) is 7.11 Å². The molecule has 1 atom stereocenters. The fraction of sp³-hybridized carbons (Fsp3) is 0.538. The number of aliphatic hydroxyl groups excluding tert-OH is 1. The Labute approximate surface area is 120 Å². The largest absolute Gasteiger partial charge is 0.398 e. The summed E-state index contributed by atoms with van der Waals surface area (Å²) in [4.78, 5) is 0.207. The molecule has 114 valence electrons. The van der Waals surface area contributed by atoms with Crippen LogP contribution in [0.1, 0.15) is 17.5 Å². The molecule has 0 heterocycles. The lowest BCUT2D eigenvalue weighted by Crippen LogP contribution is -2.29. The molecule has 20 heavy (non-hydrogen) atoms. The number of benzene rings is 1. The summed E-state index contributed by atoms with van der Waals surface area (Å²) >= 11 is 0. The number of nitrogens with one attached hydrogen (secondary N) is 1. The van der Waals surface area contributed by atoms with Crippen molar-refractivity contribution in [1.29, 1.82) is 0 Å². The Morgan fingerprint density at radius 2 is 2.05 bits per heavy atom. The SMILES string of the molecule is COCC(O)CCNS(=O)(=O)c1c(C)ccc(N)c1C. The van der Waals surface area contributed by atoms with E-state index in [4.69, 9.17) is 10.5 Å². The molecule has 0 radical (unpaired) electrons. The predicted molar refractivity (Wildman–Crippen MR) is 78.0 cm³/mol. The van der Waals surface area contributed by atoms with Crippen LogP contribution in [0.3, 0.4) is 0 Å². The van der Waals surface area contributed by atoms with Crippen molar-refractivity contribution in [3.8, 4) is 0 Å². The number of sulfonamides is 1. The lowest BCUT2D eigenvalue weighted by atomic mass is 10.1. The van der Waals surface area contributed by atoms with Crippen molar-refractivity contribution in [3.63, 3.8) is 0 Å². The molecular formula is C13H22N2O4S. The highest BCUT2D eigenvalue weighted by molar-refractivity contribution is 7.89. The molecule has 1 unspecified atom stereocenters. The molecule has 0 aliphatic heterocycles. The molecule has 0 amide bonds. The zero-order valence-electron chi connectivity index (χ0n) is 12.0. The van der Waals surface area contributed by atoms with Gasteiger partial charge in [0, 0.05) is 19.3 Å². The molecule has 7 heteroatoms. The Morgan fingerprint density at radius 1 is 1.40 bits per heavy atom. The molecule has 0 aromatic heterocycles. The van der Waals surface area contributed by atoms with Crippen molar-refractivity contribution in [2.75, 3.05) is 26.0 Å². The van der Waals surface area contributed by atoms with Gasteiger partial charge < -0.3 is 15.6 Å². The first-order chi connectivity index (χ1) is 9.29. The van der Waals surface area contributed by atoms with Crippen molar-refractivity contribution in [1.82, 2.24) is 4.72 Å². The molecule has 0 saturated heterocycles. The summed E-state index contributed by atoms with van der Waals surface area (Å²) in [6.07, 6.45) is -0.404. The lowest BCUT2D eigenvalue weighted by molar-refractivity contribution is 0.0603. The number of hydrogen-bond donors (Lipinski definition) is 3. The maximum absolute atomic E-state index is 12.3. The summed E-state index contributed by atoms with van der Waals surface area (Å²) in [6, 6.07) is 3.36. The van der Waals surface area contributed by atoms with Crippen molar-refractivity contribution in [3.05, 3.63) is 23.3 Å². The average molecular weight is 302 g/mol. The van der Waals surface area contributed by atoms with Gasteiger partial charge in [-0.1, -0.05) is 6.07 Å². The minimum atomic E-state index is -3.64. The second-order valence-electron chi connectivity index (χ2n) is 4.72. The third-order valence-electron chi connectivity index (χ3n) is 3.04. The fourth-order valence-corrected chi connectivity index (χ4v) is 3.51. The molecule has 1 rings (SSSR count). The second-order valence-corrected chi connectivity index (χ2v) is 6.43. The molecule has 0 aliphatic carbocycles. The highest BCUT2D eigenvalue weighted by Crippen LogP contribution is 2.24. The van der Waals surface area contributed by atoms with Crippen molar-refractivity contribution in [2.24, 2.45) is 0 Å². The van der Waals surface area contributed by atoms with Crippen LogP contribution in [0.15, 0.2) is 17.0 Å². The van der Waals surface area contributed by atoms with Crippen LogP contribution >= 0.6 is 0 Å². The molecular weight excluding hydrogens is 280 g/mol. The number of aryl methyl sites for hydroxylation is 1. The number of nitrogens with two attached hydrogens (primary N) is 1. The molecule has 4 N–H and O–H groups in total. The molecule has 0 fully saturated rings. The highest BCUT2D eigenvalue weighted by atomic mass is 32.2. The van der Waals surface area contributed by atoms with E-state index in [1.807, 2.05) is 0 Å². The van der Waals surface area contributed by atoms with Crippen molar-refractivity contribution >= 4 is 15.7 Å². The summed E-state index contributed by atoms with van der Waals surface area (Å²) in [5.41, 5.74) is 7.37. The van der Waals surface area contributed by atoms with E-state index in [1.54, 1.807) is 26.0 Å². The summed E-state index contributed by atoms with van der Waals surface area (Å²) in [5, 5.41) is 9.49. The summed E-state index contributed by atoms with van der Waals surface area (Å²) in [7, 11) is -2.16. The zero-order valence-corrected chi connectivity index (χ0v) is 12.8.